The Labute approximate surface area is 130 Å². The molecule has 8 heteroatoms. The van der Waals surface area contributed by atoms with E-state index in [1.165, 1.54) is 11.3 Å². The van der Waals surface area contributed by atoms with Crippen molar-refractivity contribution in [3.05, 3.63) is 26.6 Å². The van der Waals surface area contributed by atoms with Crippen LogP contribution < -0.4 is 5.32 Å². The van der Waals surface area contributed by atoms with Gasteiger partial charge in [0, 0.05) is 4.88 Å². The van der Waals surface area contributed by atoms with Gasteiger partial charge in [-0.3, -0.25) is 4.79 Å². The quantitative estimate of drug-likeness (QED) is 0.881. The highest BCUT2D eigenvalue weighted by Gasteiger charge is 2.23. The number of hydrogen-bond acceptors (Lipinski definition) is 6. The first-order chi connectivity index (χ1) is 9.99. The molecule has 0 saturated heterocycles. The Hall–Kier alpha value is -1.80. The van der Waals surface area contributed by atoms with Crippen LogP contribution in [0.1, 0.15) is 50.0 Å². The third kappa shape index (κ3) is 2.96. The molecule has 0 fully saturated rings. The van der Waals surface area contributed by atoms with Gasteiger partial charge in [-0.2, -0.15) is 0 Å². The van der Waals surface area contributed by atoms with Gasteiger partial charge in [-0.25, -0.2) is 4.79 Å². The average Bonchev–Trinajstić information content (AvgIpc) is 3.02. The number of amides is 1. The van der Waals surface area contributed by atoms with Gasteiger partial charge in [0.05, 0.1) is 11.3 Å². The third-order valence-electron chi connectivity index (χ3n) is 3.10. The summed E-state index contributed by atoms with van der Waals surface area (Å²) in [4.78, 5) is 25.0. The van der Waals surface area contributed by atoms with Crippen molar-refractivity contribution in [2.75, 3.05) is 5.32 Å². The van der Waals surface area contributed by atoms with Crippen LogP contribution in [0.25, 0.3) is 0 Å². The van der Waals surface area contributed by atoms with E-state index in [-0.39, 0.29) is 11.5 Å². The van der Waals surface area contributed by atoms with Gasteiger partial charge in [-0.1, -0.05) is 18.3 Å². The van der Waals surface area contributed by atoms with Crippen molar-refractivity contribution in [1.29, 1.82) is 0 Å². The van der Waals surface area contributed by atoms with Crippen molar-refractivity contribution in [1.82, 2.24) is 9.59 Å². The van der Waals surface area contributed by atoms with Crippen molar-refractivity contribution < 1.29 is 14.7 Å². The maximum Gasteiger partial charge on any atom is 0.339 e. The molecule has 0 atom stereocenters. The van der Waals surface area contributed by atoms with Crippen molar-refractivity contribution in [3.63, 3.8) is 0 Å². The van der Waals surface area contributed by atoms with E-state index < -0.39 is 5.97 Å². The monoisotopic (exact) mass is 325 g/mol. The van der Waals surface area contributed by atoms with E-state index in [0.29, 0.717) is 28.4 Å². The number of aromatic nitrogens is 2. The van der Waals surface area contributed by atoms with Gasteiger partial charge in [-0.15, -0.1) is 16.4 Å². The molecule has 0 aliphatic rings. The lowest BCUT2D eigenvalue weighted by molar-refractivity contribution is 0.0697. The standard InChI is InChI=1S/C13H15N3O3S2/c1-4-7-6(3)20-12(9(7)13(18)19)14-11(17)10-8(5-2)15-16-21-10/h4-5H2,1-3H3,(H,14,17)(H,18,19). The molecule has 112 valence electrons. The Balaban J connectivity index is 2.36. The predicted octanol–water partition coefficient (Wildman–Crippen LogP) is 2.98. The molecule has 2 aromatic rings. The number of nitrogens with zero attached hydrogens (tertiary/aromatic N) is 2. The van der Waals surface area contributed by atoms with Crippen LogP contribution in [0.4, 0.5) is 5.00 Å². The lowest BCUT2D eigenvalue weighted by Gasteiger charge is -2.04. The Morgan fingerprint density at radius 3 is 2.57 bits per heavy atom. The maximum absolute atomic E-state index is 12.3. The summed E-state index contributed by atoms with van der Waals surface area (Å²) >= 11 is 2.30. The molecule has 2 aromatic heterocycles. The Morgan fingerprint density at radius 1 is 1.29 bits per heavy atom. The summed E-state index contributed by atoms with van der Waals surface area (Å²) in [5, 5.41) is 16.3. The summed E-state index contributed by atoms with van der Waals surface area (Å²) in [6.45, 7) is 5.65. The van der Waals surface area contributed by atoms with E-state index in [2.05, 4.69) is 14.9 Å². The summed E-state index contributed by atoms with van der Waals surface area (Å²) in [5.74, 6) is -1.38. The topological polar surface area (TPSA) is 92.2 Å². The van der Waals surface area contributed by atoms with E-state index in [1.54, 1.807) is 0 Å². The number of carboxylic acids is 1. The van der Waals surface area contributed by atoms with Crippen LogP contribution in [0.5, 0.6) is 0 Å². The zero-order chi connectivity index (χ0) is 15.6. The van der Waals surface area contributed by atoms with Gasteiger partial charge in [0.2, 0.25) is 0 Å². The largest absolute Gasteiger partial charge is 0.478 e. The van der Waals surface area contributed by atoms with Gasteiger partial charge >= 0.3 is 5.97 Å². The van der Waals surface area contributed by atoms with E-state index in [9.17, 15) is 14.7 Å². The zero-order valence-corrected chi connectivity index (χ0v) is 13.5. The summed E-state index contributed by atoms with van der Waals surface area (Å²) < 4.78 is 3.77. The van der Waals surface area contributed by atoms with E-state index >= 15 is 0 Å². The van der Waals surface area contributed by atoms with Crippen LogP contribution in [0, 0.1) is 6.92 Å². The molecule has 2 rings (SSSR count). The number of carboxylic acid groups (broad SMARTS) is 1. The highest BCUT2D eigenvalue weighted by molar-refractivity contribution is 7.17. The van der Waals surface area contributed by atoms with Crippen LogP contribution in [0.15, 0.2) is 0 Å². The summed E-state index contributed by atoms with van der Waals surface area (Å²) in [5.41, 5.74) is 1.57. The van der Waals surface area contributed by atoms with Gasteiger partial charge in [0.25, 0.3) is 5.91 Å². The predicted molar refractivity (Wildman–Crippen MR) is 82.6 cm³/mol. The molecule has 2 heterocycles. The number of aromatic carboxylic acids is 1. The average molecular weight is 325 g/mol. The van der Waals surface area contributed by atoms with Crippen molar-refractivity contribution in [2.24, 2.45) is 0 Å². The number of rotatable bonds is 5. The molecule has 2 N–H and O–H groups in total. The minimum Gasteiger partial charge on any atom is -0.478 e. The number of hydrogen-bond donors (Lipinski definition) is 2. The first-order valence-electron chi connectivity index (χ1n) is 6.47. The fourth-order valence-electron chi connectivity index (χ4n) is 2.09. The highest BCUT2D eigenvalue weighted by Crippen LogP contribution is 2.34. The fourth-order valence-corrected chi connectivity index (χ4v) is 3.87. The summed E-state index contributed by atoms with van der Waals surface area (Å²) in [6, 6.07) is 0. The number of thiophene rings is 1. The van der Waals surface area contributed by atoms with Gasteiger partial charge in [0.1, 0.15) is 9.88 Å². The molecule has 21 heavy (non-hydrogen) atoms. The van der Waals surface area contributed by atoms with Gasteiger partial charge < -0.3 is 10.4 Å². The Morgan fingerprint density at radius 2 is 2.00 bits per heavy atom. The molecular formula is C13H15N3O3S2. The van der Waals surface area contributed by atoms with Crippen LogP contribution in [-0.4, -0.2) is 26.6 Å². The second-order valence-corrected chi connectivity index (χ2v) is 6.33. The van der Waals surface area contributed by atoms with Crippen molar-refractivity contribution >= 4 is 39.7 Å². The number of aryl methyl sites for hydroxylation is 2. The molecule has 0 aliphatic carbocycles. The molecule has 0 unspecified atom stereocenters. The minimum absolute atomic E-state index is 0.184. The summed E-state index contributed by atoms with van der Waals surface area (Å²) in [7, 11) is 0. The second kappa shape index (κ2) is 6.31. The maximum atomic E-state index is 12.3. The molecule has 0 spiro atoms. The van der Waals surface area contributed by atoms with E-state index in [0.717, 1.165) is 22.0 Å². The number of carbonyl (C=O) groups is 2. The minimum atomic E-state index is -1.02. The van der Waals surface area contributed by atoms with E-state index in [4.69, 9.17) is 0 Å². The van der Waals surface area contributed by atoms with Crippen molar-refractivity contribution in [3.8, 4) is 0 Å². The fraction of sp³-hybridized carbons (Fsp3) is 0.385. The molecule has 0 bridgehead atoms. The van der Waals surface area contributed by atoms with Crippen LogP contribution in [-0.2, 0) is 12.8 Å². The summed E-state index contributed by atoms with van der Waals surface area (Å²) in [6.07, 6.45) is 1.22. The molecule has 0 radical (unpaired) electrons. The number of carbonyl (C=O) groups excluding carboxylic acids is 1. The lowest BCUT2D eigenvalue weighted by Crippen LogP contribution is -2.14. The van der Waals surface area contributed by atoms with Gasteiger partial charge in [-0.05, 0) is 36.9 Å². The van der Waals surface area contributed by atoms with Crippen LogP contribution >= 0.6 is 22.9 Å². The highest BCUT2D eigenvalue weighted by atomic mass is 32.1. The molecule has 1 amide bonds. The zero-order valence-electron chi connectivity index (χ0n) is 11.9. The Bertz CT molecular complexity index is 691. The first kappa shape index (κ1) is 15.6. The smallest absolute Gasteiger partial charge is 0.339 e. The SMILES string of the molecule is CCc1nnsc1C(=O)Nc1sc(C)c(CC)c1C(=O)O. The van der Waals surface area contributed by atoms with Gasteiger partial charge in [0.15, 0.2) is 0 Å². The molecular weight excluding hydrogens is 310 g/mol. The molecule has 0 saturated carbocycles. The first-order valence-corrected chi connectivity index (χ1v) is 8.06. The number of nitrogens with one attached hydrogen (secondary N) is 1. The van der Waals surface area contributed by atoms with Crippen LogP contribution in [0.2, 0.25) is 0 Å². The Kier molecular flexibility index (Phi) is 4.69. The molecule has 6 nitrogen and oxygen atoms in total. The van der Waals surface area contributed by atoms with E-state index in [1.807, 2.05) is 20.8 Å². The normalized spacial score (nSPS) is 10.6. The third-order valence-corrected chi connectivity index (χ3v) is 4.93. The molecule has 0 aliphatic heterocycles. The second-order valence-electron chi connectivity index (χ2n) is 4.36. The van der Waals surface area contributed by atoms with Crippen molar-refractivity contribution in [2.45, 2.75) is 33.6 Å². The van der Waals surface area contributed by atoms with Crippen LogP contribution in [0.3, 0.4) is 0 Å². The number of anilines is 1. The lowest BCUT2D eigenvalue weighted by atomic mass is 10.1. The molecule has 0 aromatic carbocycles.